The summed E-state index contributed by atoms with van der Waals surface area (Å²) in [5.41, 5.74) is 6.58. The quantitative estimate of drug-likeness (QED) is 0.637. The Bertz CT molecular complexity index is 883. The number of phenolic OH excluding ortho intramolecular Hbond substituents is 1. The van der Waals surface area contributed by atoms with Crippen molar-refractivity contribution in [1.29, 1.82) is 0 Å². The molecule has 3 N–H and O–H groups in total. The van der Waals surface area contributed by atoms with Gasteiger partial charge in [-0.1, -0.05) is 45.9 Å². The molecule has 6 nitrogen and oxygen atoms in total. The fourth-order valence-electron chi connectivity index (χ4n) is 2.17. The largest absolute Gasteiger partial charge is 0.507 e. The van der Waals surface area contributed by atoms with Crippen molar-refractivity contribution in [1.82, 2.24) is 14.8 Å². The van der Waals surface area contributed by atoms with Crippen molar-refractivity contribution in [3.63, 3.8) is 0 Å². The highest BCUT2D eigenvalue weighted by molar-refractivity contribution is 9.10. The Hall–Kier alpha value is -2.32. The second-order valence-corrected chi connectivity index (χ2v) is 6.75. The van der Waals surface area contributed by atoms with Crippen molar-refractivity contribution < 1.29 is 9.90 Å². The molecule has 3 aromatic rings. The van der Waals surface area contributed by atoms with Crippen molar-refractivity contribution in [2.45, 2.75) is 5.16 Å². The van der Waals surface area contributed by atoms with E-state index in [9.17, 15) is 9.90 Å². The molecule has 8 heteroatoms. The van der Waals surface area contributed by atoms with Gasteiger partial charge in [-0.05, 0) is 30.3 Å². The molecule has 1 heterocycles. The van der Waals surface area contributed by atoms with Crippen LogP contribution in [0.3, 0.4) is 0 Å². The summed E-state index contributed by atoms with van der Waals surface area (Å²) >= 11 is 4.59. The number of amides is 1. The number of carbonyl (C=O) groups excluding carboxylic acids is 1. The van der Waals surface area contributed by atoms with Crippen molar-refractivity contribution in [2.75, 3.05) is 5.75 Å². The minimum absolute atomic E-state index is 0.0919. The van der Waals surface area contributed by atoms with E-state index in [1.807, 2.05) is 30.3 Å². The van der Waals surface area contributed by atoms with Crippen LogP contribution >= 0.6 is 27.7 Å². The lowest BCUT2D eigenvalue weighted by atomic mass is 10.2. The molecule has 0 saturated heterocycles. The van der Waals surface area contributed by atoms with Crippen LogP contribution < -0.4 is 5.73 Å². The zero-order valence-corrected chi connectivity index (χ0v) is 14.8. The lowest BCUT2D eigenvalue weighted by Gasteiger charge is -2.11. The van der Waals surface area contributed by atoms with Crippen LogP contribution in [-0.4, -0.2) is 31.5 Å². The van der Waals surface area contributed by atoms with Crippen molar-refractivity contribution in [3.05, 3.63) is 53.0 Å². The van der Waals surface area contributed by atoms with E-state index in [4.69, 9.17) is 5.73 Å². The number of aromatic hydroxyl groups is 1. The van der Waals surface area contributed by atoms with E-state index < -0.39 is 5.91 Å². The molecule has 1 aromatic heterocycles. The molecule has 0 atom stereocenters. The number of primary amides is 1. The molecule has 122 valence electrons. The minimum atomic E-state index is -0.436. The van der Waals surface area contributed by atoms with Gasteiger partial charge in [-0.15, -0.1) is 10.2 Å². The van der Waals surface area contributed by atoms with Crippen LogP contribution in [0.15, 0.2) is 58.2 Å². The summed E-state index contributed by atoms with van der Waals surface area (Å²) in [5.74, 6) is 0.228. The minimum Gasteiger partial charge on any atom is -0.507 e. The highest BCUT2D eigenvalue weighted by atomic mass is 79.9. The van der Waals surface area contributed by atoms with Crippen molar-refractivity contribution >= 4 is 33.6 Å². The molecule has 2 aromatic carbocycles. The SMILES string of the molecule is NC(=O)CSc1nnc(-c2cc(Br)ccc2O)n1-c1ccccc1. The molecule has 0 bridgehead atoms. The maximum atomic E-state index is 11.1. The third-order valence-electron chi connectivity index (χ3n) is 3.19. The average molecular weight is 405 g/mol. The van der Waals surface area contributed by atoms with Gasteiger partial charge in [0, 0.05) is 10.2 Å². The van der Waals surface area contributed by atoms with Crippen LogP contribution in [0.2, 0.25) is 0 Å². The predicted octanol–water partition coefficient (Wildman–Crippen LogP) is 2.98. The molecule has 0 radical (unpaired) electrons. The summed E-state index contributed by atoms with van der Waals surface area (Å²) in [5, 5.41) is 19.1. The van der Waals surface area contributed by atoms with Gasteiger partial charge in [0.15, 0.2) is 11.0 Å². The Morgan fingerprint density at radius 2 is 1.96 bits per heavy atom. The number of hydrogen-bond donors (Lipinski definition) is 2. The Balaban J connectivity index is 2.16. The smallest absolute Gasteiger partial charge is 0.227 e. The first-order chi connectivity index (χ1) is 11.6. The van der Waals surface area contributed by atoms with E-state index in [0.717, 1.165) is 10.2 Å². The highest BCUT2D eigenvalue weighted by Crippen LogP contribution is 2.34. The van der Waals surface area contributed by atoms with Crippen LogP contribution in [0.5, 0.6) is 5.75 Å². The van der Waals surface area contributed by atoms with Crippen LogP contribution in [-0.2, 0) is 4.79 Å². The van der Waals surface area contributed by atoms with Gasteiger partial charge in [-0.25, -0.2) is 0 Å². The number of phenols is 1. The standard InChI is InChI=1S/C16H13BrN4O2S/c17-10-6-7-13(22)12(8-10)15-19-20-16(24-9-14(18)23)21(15)11-4-2-1-3-5-11/h1-8,22H,9H2,(H2,18,23). The van der Waals surface area contributed by atoms with E-state index in [1.165, 1.54) is 11.8 Å². The van der Waals surface area contributed by atoms with E-state index in [0.29, 0.717) is 16.5 Å². The molecule has 0 unspecified atom stereocenters. The molecule has 1 amide bonds. The number of para-hydroxylation sites is 1. The zero-order valence-electron chi connectivity index (χ0n) is 12.4. The van der Waals surface area contributed by atoms with E-state index >= 15 is 0 Å². The number of nitrogens with zero attached hydrogens (tertiary/aromatic N) is 3. The summed E-state index contributed by atoms with van der Waals surface area (Å²) in [6.07, 6.45) is 0. The third-order valence-corrected chi connectivity index (χ3v) is 4.64. The van der Waals surface area contributed by atoms with Crippen molar-refractivity contribution in [3.8, 4) is 22.8 Å². The van der Waals surface area contributed by atoms with Crippen LogP contribution in [0.25, 0.3) is 17.1 Å². The van der Waals surface area contributed by atoms with Gasteiger partial charge in [0.05, 0.1) is 11.3 Å². The fraction of sp³-hybridized carbons (Fsp3) is 0.0625. The number of halogens is 1. The molecule has 3 rings (SSSR count). The number of nitrogens with two attached hydrogens (primary N) is 1. The van der Waals surface area contributed by atoms with Gasteiger partial charge < -0.3 is 10.8 Å². The Morgan fingerprint density at radius 3 is 2.67 bits per heavy atom. The van der Waals surface area contributed by atoms with Crippen LogP contribution in [0, 0.1) is 0 Å². The Labute approximate surface area is 150 Å². The first-order valence-electron chi connectivity index (χ1n) is 6.97. The molecule has 0 aliphatic heterocycles. The van der Waals surface area contributed by atoms with Gasteiger partial charge in [0.2, 0.25) is 5.91 Å². The van der Waals surface area contributed by atoms with Crippen LogP contribution in [0.4, 0.5) is 0 Å². The first-order valence-corrected chi connectivity index (χ1v) is 8.75. The number of hydrogen-bond acceptors (Lipinski definition) is 5. The number of carbonyl (C=O) groups is 1. The molecule has 0 fully saturated rings. The van der Waals surface area contributed by atoms with E-state index in [-0.39, 0.29) is 11.5 Å². The average Bonchev–Trinajstić information content (AvgIpc) is 2.99. The van der Waals surface area contributed by atoms with E-state index in [1.54, 1.807) is 22.8 Å². The molecular weight excluding hydrogens is 392 g/mol. The number of rotatable bonds is 5. The number of aromatic nitrogens is 3. The molecule has 0 aliphatic carbocycles. The summed E-state index contributed by atoms with van der Waals surface area (Å²) in [4.78, 5) is 11.1. The van der Waals surface area contributed by atoms with E-state index in [2.05, 4.69) is 26.1 Å². The lowest BCUT2D eigenvalue weighted by molar-refractivity contribution is -0.115. The van der Waals surface area contributed by atoms with Crippen LogP contribution in [0.1, 0.15) is 0 Å². The lowest BCUT2D eigenvalue weighted by Crippen LogP contribution is -2.13. The zero-order chi connectivity index (χ0) is 17.1. The summed E-state index contributed by atoms with van der Waals surface area (Å²) in [6, 6.07) is 14.6. The Kier molecular flexibility index (Phi) is 4.86. The first kappa shape index (κ1) is 16.5. The Morgan fingerprint density at radius 1 is 1.21 bits per heavy atom. The molecule has 0 saturated carbocycles. The predicted molar refractivity (Wildman–Crippen MR) is 96.1 cm³/mol. The second-order valence-electron chi connectivity index (χ2n) is 4.89. The highest BCUT2D eigenvalue weighted by Gasteiger charge is 2.19. The fourth-order valence-corrected chi connectivity index (χ4v) is 3.22. The van der Waals surface area contributed by atoms with Gasteiger partial charge in [0.1, 0.15) is 5.75 Å². The topological polar surface area (TPSA) is 94.0 Å². The van der Waals surface area contributed by atoms with Gasteiger partial charge in [-0.3, -0.25) is 9.36 Å². The van der Waals surface area contributed by atoms with Gasteiger partial charge >= 0.3 is 0 Å². The molecule has 24 heavy (non-hydrogen) atoms. The van der Waals surface area contributed by atoms with Gasteiger partial charge in [-0.2, -0.15) is 0 Å². The summed E-state index contributed by atoms with van der Waals surface area (Å²) in [7, 11) is 0. The third kappa shape index (κ3) is 3.44. The monoisotopic (exact) mass is 404 g/mol. The molecule has 0 aliphatic rings. The summed E-state index contributed by atoms with van der Waals surface area (Å²) in [6.45, 7) is 0. The number of benzene rings is 2. The maximum Gasteiger partial charge on any atom is 0.227 e. The van der Waals surface area contributed by atoms with Crippen molar-refractivity contribution in [2.24, 2.45) is 5.73 Å². The van der Waals surface area contributed by atoms with Gasteiger partial charge in [0.25, 0.3) is 0 Å². The summed E-state index contributed by atoms with van der Waals surface area (Å²) < 4.78 is 2.60. The molecular formula is C16H13BrN4O2S. The normalized spacial score (nSPS) is 10.7. The maximum absolute atomic E-state index is 11.1. The number of thioether (sulfide) groups is 1. The molecule has 0 spiro atoms. The second kappa shape index (κ2) is 7.06.